The second-order valence-electron chi connectivity index (χ2n) is 5.46. The summed E-state index contributed by atoms with van der Waals surface area (Å²) >= 11 is 0. The molecular formula is C11H21NO. The highest BCUT2D eigenvalue weighted by Gasteiger charge is 2.26. The number of carbonyl (C=O) groups is 1. The Morgan fingerprint density at radius 3 is 2.31 bits per heavy atom. The molecule has 0 aromatic heterocycles. The summed E-state index contributed by atoms with van der Waals surface area (Å²) in [5.41, 5.74) is 0.120. The largest absolute Gasteiger partial charge is 0.345 e. The highest BCUT2D eigenvalue weighted by molar-refractivity contribution is 5.76. The van der Waals surface area contributed by atoms with Gasteiger partial charge >= 0.3 is 0 Å². The van der Waals surface area contributed by atoms with Gasteiger partial charge in [0.05, 0.1) is 0 Å². The summed E-state index contributed by atoms with van der Waals surface area (Å²) in [4.78, 5) is 13.5. The van der Waals surface area contributed by atoms with E-state index in [1.165, 1.54) is 12.8 Å². The highest BCUT2D eigenvalue weighted by atomic mass is 16.2. The fraction of sp³-hybridized carbons (Fsp3) is 0.909. The van der Waals surface area contributed by atoms with Crippen molar-refractivity contribution in [1.82, 2.24) is 4.90 Å². The van der Waals surface area contributed by atoms with Crippen molar-refractivity contribution >= 4 is 5.91 Å². The lowest BCUT2D eigenvalue weighted by molar-refractivity contribution is -0.131. The minimum absolute atomic E-state index is 0.120. The lowest BCUT2D eigenvalue weighted by Crippen LogP contribution is -2.31. The maximum Gasteiger partial charge on any atom is 0.222 e. The third kappa shape index (κ3) is 4.30. The standard InChI is InChI=1S/C11H21NO/c1-11(2,3)7-10(13)12(4)8-9-5-6-9/h9H,5-8H2,1-4H3. The topological polar surface area (TPSA) is 20.3 Å². The van der Waals surface area contributed by atoms with Gasteiger partial charge in [0.1, 0.15) is 0 Å². The minimum atomic E-state index is 0.120. The van der Waals surface area contributed by atoms with Crippen molar-refractivity contribution in [3.05, 3.63) is 0 Å². The Hall–Kier alpha value is -0.530. The van der Waals surface area contributed by atoms with Crippen LogP contribution in [0.3, 0.4) is 0 Å². The van der Waals surface area contributed by atoms with E-state index < -0.39 is 0 Å². The van der Waals surface area contributed by atoms with E-state index in [0.29, 0.717) is 12.3 Å². The predicted octanol–water partition coefficient (Wildman–Crippen LogP) is 2.29. The van der Waals surface area contributed by atoms with Gasteiger partial charge in [0.2, 0.25) is 5.91 Å². The van der Waals surface area contributed by atoms with E-state index in [4.69, 9.17) is 0 Å². The van der Waals surface area contributed by atoms with E-state index in [0.717, 1.165) is 12.5 Å². The molecule has 0 unspecified atom stereocenters. The van der Waals surface area contributed by atoms with Crippen LogP contribution >= 0.6 is 0 Å². The molecule has 0 radical (unpaired) electrons. The predicted molar refractivity (Wildman–Crippen MR) is 54.4 cm³/mol. The maximum atomic E-state index is 11.6. The Bertz CT molecular complexity index is 189. The zero-order chi connectivity index (χ0) is 10.1. The SMILES string of the molecule is CN(CC1CC1)C(=O)CC(C)(C)C. The minimum Gasteiger partial charge on any atom is -0.345 e. The number of nitrogens with zero attached hydrogens (tertiary/aromatic N) is 1. The van der Waals surface area contributed by atoms with Gasteiger partial charge in [0.15, 0.2) is 0 Å². The summed E-state index contributed by atoms with van der Waals surface area (Å²) < 4.78 is 0. The van der Waals surface area contributed by atoms with E-state index in [-0.39, 0.29) is 5.41 Å². The van der Waals surface area contributed by atoms with E-state index in [1.54, 1.807) is 0 Å². The summed E-state index contributed by atoms with van der Waals surface area (Å²) in [6, 6.07) is 0. The highest BCUT2D eigenvalue weighted by Crippen LogP contribution is 2.30. The van der Waals surface area contributed by atoms with Crippen molar-refractivity contribution in [2.24, 2.45) is 11.3 Å². The van der Waals surface area contributed by atoms with Crippen LogP contribution in [0.1, 0.15) is 40.0 Å². The van der Waals surface area contributed by atoms with Crippen LogP contribution in [0.15, 0.2) is 0 Å². The Morgan fingerprint density at radius 1 is 1.38 bits per heavy atom. The number of rotatable bonds is 3. The first-order chi connectivity index (χ1) is 5.88. The molecule has 0 N–H and O–H groups in total. The molecule has 0 aromatic carbocycles. The Kier molecular flexibility index (Phi) is 2.99. The van der Waals surface area contributed by atoms with Crippen LogP contribution in [0.25, 0.3) is 0 Å². The second kappa shape index (κ2) is 3.69. The molecule has 1 aliphatic carbocycles. The first kappa shape index (κ1) is 10.6. The van der Waals surface area contributed by atoms with Gasteiger partial charge in [0, 0.05) is 20.0 Å². The fourth-order valence-corrected chi connectivity index (χ4v) is 1.38. The van der Waals surface area contributed by atoms with Crippen LogP contribution in [0.5, 0.6) is 0 Å². The number of amides is 1. The monoisotopic (exact) mass is 183 g/mol. The van der Waals surface area contributed by atoms with Crippen LogP contribution in [0.2, 0.25) is 0 Å². The van der Waals surface area contributed by atoms with Gasteiger partial charge in [-0.15, -0.1) is 0 Å². The molecule has 0 aromatic rings. The zero-order valence-corrected chi connectivity index (χ0v) is 9.26. The molecule has 0 saturated heterocycles. The van der Waals surface area contributed by atoms with Crippen molar-refractivity contribution in [2.75, 3.05) is 13.6 Å². The molecule has 2 nitrogen and oxygen atoms in total. The van der Waals surface area contributed by atoms with Crippen LogP contribution in [-0.2, 0) is 4.79 Å². The van der Waals surface area contributed by atoms with E-state index in [2.05, 4.69) is 20.8 Å². The average molecular weight is 183 g/mol. The Balaban J connectivity index is 2.28. The number of carbonyl (C=O) groups excluding carboxylic acids is 1. The van der Waals surface area contributed by atoms with E-state index >= 15 is 0 Å². The number of hydrogen-bond acceptors (Lipinski definition) is 1. The molecule has 0 heterocycles. The van der Waals surface area contributed by atoms with Crippen molar-refractivity contribution in [1.29, 1.82) is 0 Å². The Morgan fingerprint density at radius 2 is 1.92 bits per heavy atom. The molecule has 0 bridgehead atoms. The molecule has 1 fully saturated rings. The first-order valence-corrected chi connectivity index (χ1v) is 5.12. The van der Waals surface area contributed by atoms with Gasteiger partial charge in [0.25, 0.3) is 0 Å². The first-order valence-electron chi connectivity index (χ1n) is 5.12. The molecule has 2 heteroatoms. The number of hydrogen-bond donors (Lipinski definition) is 0. The lowest BCUT2D eigenvalue weighted by atomic mass is 9.91. The molecule has 1 rings (SSSR count). The molecule has 76 valence electrons. The maximum absolute atomic E-state index is 11.6. The van der Waals surface area contributed by atoms with Crippen LogP contribution in [0, 0.1) is 11.3 Å². The average Bonchev–Trinajstić information content (AvgIpc) is 2.67. The summed E-state index contributed by atoms with van der Waals surface area (Å²) in [7, 11) is 1.92. The zero-order valence-electron chi connectivity index (χ0n) is 9.26. The van der Waals surface area contributed by atoms with Crippen molar-refractivity contribution in [2.45, 2.75) is 40.0 Å². The normalized spacial score (nSPS) is 17.2. The molecule has 13 heavy (non-hydrogen) atoms. The van der Waals surface area contributed by atoms with Gasteiger partial charge in [-0.2, -0.15) is 0 Å². The lowest BCUT2D eigenvalue weighted by Gasteiger charge is -2.23. The molecule has 0 spiro atoms. The molecule has 0 atom stereocenters. The van der Waals surface area contributed by atoms with Gasteiger partial charge < -0.3 is 4.90 Å². The molecular weight excluding hydrogens is 162 g/mol. The van der Waals surface area contributed by atoms with Crippen LogP contribution in [0.4, 0.5) is 0 Å². The van der Waals surface area contributed by atoms with Gasteiger partial charge in [-0.1, -0.05) is 20.8 Å². The fourth-order valence-electron chi connectivity index (χ4n) is 1.38. The summed E-state index contributed by atoms with van der Waals surface area (Å²) in [5, 5.41) is 0. The smallest absolute Gasteiger partial charge is 0.222 e. The van der Waals surface area contributed by atoms with Crippen molar-refractivity contribution < 1.29 is 4.79 Å². The van der Waals surface area contributed by atoms with Gasteiger partial charge in [-0.3, -0.25) is 4.79 Å². The molecule has 1 amide bonds. The molecule has 1 aliphatic rings. The third-order valence-corrected chi connectivity index (χ3v) is 2.34. The summed E-state index contributed by atoms with van der Waals surface area (Å²) in [6.45, 7) is 7.29. The van der Waals surface area contributed by atoms with Crippen LogP contribution in [-0.4, -0.2) is 24.4 Å². The van der Waals surface area contributed by atoms with Gasteiger partial charge in [-0.25, -0.2) is 0 Å². The van der Waals surface area contributed by atoms with Crippen molar-refractivity contribution in [3.8, 4) is 0 Å². The van der Waals surface area contributed by atoms with Gasteiger partial charge in [-0.05, 0) is 24.2 Å². The molecule has 1 saturated carbocycles. The quantitative estimate of drug-likeness (QED) is 0.657. The summed E-state index contributed by atoms with van der Waals surface area (Å²) in [6.07, 6.45) is 3.29. The third-order valence-electron chi connectivity index (χ3n) is 2.34. The van der Waals surface area contributed by atoms with E-state index in [1.807, 2.05) is 11.9 Å². The van der Waals surface area contributed by atoms with Crippen LogP contribution < -0.4 is 0 Å². The summed E-state index contributed by atoms with van der Waals surface area (Å²) in [5.74, 6) is 1.09. The second-order valence-corrected chi connectivity index (χ2v) is 5.46. The Labute approximate surface area is 81.3 Å². The van der Waals surface area contributed by atoms with E-state index in [9.17, 15) is 4.79 Å². The molecule has 0 aliphatic heterocycles. The van der Waals surface area contributed by atoms with Crippen molar-refractivity contribution in [3.63, 3.8) is 0 Å².